The first kappa shape index (κ1) is 21.7. The van der Waals surface area contributed by atoms with Crippen molar-refractivity contribution < 1.29 is 19.2 Å². The molecule has 2 rings (SSSR count). The second kappa shape index (κ2) is 8.58. The van der Waals surface area contributed by atoms with Crippen LogP contribution in [0.2, 0.25) is 0 Å². The molecule has 0 spiro atoms. The van der Waals surface area contributed by atoms with E-state index in [-0.39, 0.29) is 11.3 Å². The lowest BCUT2D eigenvalue weighted by Crippen LogP contribution is -2.46. The molecular weight excluding hydrogens is 362 g/mol. The minimum atomic E-state index is -1.01. The van der Waals surface area contributed by atoms with Gasteiger partial charge in [-0.15, -0.1) is 0 Å². The summed E-state index contributed by atoms with van der Waals surface area (Å²) in [6.07, 6.45) is 1.07. The van der Waals surface area contributed by atoms with Crippen LogP contribution in [0.4, 0.5) is 11.4 Å². The van der Waals surface area contributed by atoms with Gasteiger partial charge in [0.2, 0.25) is 0 Å². The van der Waals surface area contributed by atoms with E-state index >= 15 is 0 Å². The number of hydrogen-bond donors (Lipinski definition) is 1. The molecule has 1 N–H and O–H groups in total. The quantitative estimate of drug-likeness (QED) is 0.469. The number of carbonyl (C=O) groups is 2. The van der Waals surface area contributed by atoms with Crippen LogP contribution >= 0.6 is 0 Å². The zero-order valence-corrected chi connectivity index (χ0v) is 17.2. The highest BCUT2D eigenvalue weighted by Gasteiger charge is 2.27. The Hall–Kier alpha value is -2.64. The molecule has 1 aromatic rings. The molecule has 1 aliphatic heterocycles. The largest absolute Gasteiger partial charge is 0.449 e. The summed E-state index contributed by atoms with van der Waals surface area (Å²) >= 11 is 0. The predicted molar refractivity (Wildman–Crippen MR) is 106 cm³/mol. The average Bonchev–Trinajstić information content (AvgIpc) is 2.59. The van der Waals surface area contributed by atoms with Gasteiger partial charge in [0.15, 0.2) is 6.10 Å². The number of rotatable bonds is 5. The van der Waals surface area contributed by atoms with Gasteiger partial charge in [0, 0.05) is 24.7 Å². The number of benzene rings is 1. The van der Waals surface area contributed by atoms with Gasteiger partial charge >= 0.3 is 5.97 Å². The molecule has 1 aliphatic rings. The Kier molecular flexibility index (Phi) is 6.64. The lowest BCUT2D eigenvalue weighted by molar-refractivity contribution is -0.384. The average molecular weight is 391 g/mol. The summed E-state index contributed by atoms with van der Waals surface area (Å²) in [5, 5.41) is 14.3. The van der Waals surface area contributed by atoms with E-state index in [0.717, 1.165) is 25.9 Å². The second-order valence-electron chi connectivity index (χ2n) is 8.44. The summed E-state index contributed by atoms with van der Waals surface area (Å²) in [6, 6.07) is 4.33. The minimum absolute atomic E-state index is 0.0518. The van der Waals surface area contributed by atoms with E-state index < -0.39 is 28.4 Å². The van der Waals surface area contributed by atoms with Crippen LogP contribution in [0, 0.1) is 16.0 Å². The molecule has 0 aromatic heterocycles. The standard InChI is InChI=1S/C20H29N3O5/c1-13-7-6-10-22(12-13)16-9-8-15(11-17(16)23(26)27)19(25)28-14(2)18(24)21-20(3,4)5/h8-9,11,13-14H,6-7,10,12H2,1-5H3,(H,21,24)/t13-,14+/m0/s1. The molecule has 8 heteroatoms. The SMILES string of the molecule is C[C@H]1CCCN(c2ccc(C(=O)O[C@H](C)C(=O)NC(C)(C)C)cc2[N+](=O)[O-])C1. The number of piperidine rings is 1. The molecule has 0 radical (unpaired) electrons. The zero-order valence-electron chi connectivity index (χ0n) is 17.2. The van der Waals surface area contributed by atoms with E-state index in [1.165, 1.54) is 19.1 Å². The molecular formula is C20H29N3O5. The Balaban J connectivity index is 2.17. The summed E-state index contributed by atoms with van der Waals surface area (Å²) in [4.78, 5) is 37.6. The van der Waals surface area contributed by atoms with E-state index in [2.05, 4.69) is 12.2 Å². The number of nitrogens with zero attached hydrogens (tertiary/aromatic N) is 2. The number of nitrogens with one attached hydrogen (secondary N) is 1. The van der Waals surface area contributed by atoms with Gasteiger partial charge in [0.1, 0.15) is 5.69 Å². The van der Waals surface area contributed by atoms with Crippen LogP contribution in [0.15, 0.2) is 18.2 Å². The maximum atomic E-state index is 12.4. The van der Waals surface area contributed by atoms with Crippen molar-refractivity contribution >= 4 is 23.3 Å². The van der Waals surface area contributed by atoms with Gasteiger partial charge in [-0.3, -0.25) is 14.9 Å². The summed E-state index contributed by atoms with van der Waals surface area (Å²) in [7, 11) is 0. The van der Waals surface area contributed by atoms with Gasteiger partial charge in [-0.2, -0.15) is 0 Å². The van der Waals surface area contributed by atoms with Crippen LogP contribution in [0.5, 0.6) is 0 Å². The normalized spacial score (nSPS) is 18.3. The monoisotopic (exact) mass is 391 g/mol. The topological polar surface area (TPSA) is 102 Å². The number of hydrogen-bond acceptors (Lipinski definition) is 6. The zero-order chi connectivity index (χ0) is 21.1. The molecule has 1 heterocycles. The van der Waals surface area contributed by atoms with Crippen LogP contribution in [0.25, 0.3) is 0 Å². The van der Waals surface area contributed by atoms with Crippen molar-refractivity contribution in [2.45, 2.75) is 59.1 Å². The molecule has 0 saturated carbocycles. The lowest BCUT2D eigenvalue weighted by Gasteiger charge is -2.32. The van der Waals surface area contributed by atoms with Crippen molar-refractivity contribution in [1.82, 2.24) is 5.32 Å². The van der Waals surface area contributed by atoms with Gasteiger partial charge in [0.05, 0.1) is 10.5 Å². The summed E-state index contributed by atoms with van der Waals surface area (Å²) in [6.45, 7) is 10.5. The number of esters is 1. The Bertz CT molecular complexity index is 757. The van der Waals surface area contributed by atoms with Crippen molar-refractivity contribution in [3.63, 3.8) is 0 Å². The molecule has 28 heavy (non-hydrogen) atoms. The Morgan fingerprint density at radius 3 is 2.61 bits per heavy atom. The highest BCUT2D eigenvalue weighted by molar-refractivity contribution is 5.93. The Morgan fingerprint density at radius 2 is 2.04 bits per heavy atom. The highest BCUT2D eigenvalue weighted by Crippen LogP contribution is 2.32. The molecule has 0 bridgehead atoms. The van der Waals surface area contributed by atoms with Crippen molar-refractivity contribution in [3.8, 4) is 0 Å². The van der Waals surface area contributed by atoms with Gasteiger partial charge in [-0.1, -0.05) is 6.92 Å². The first-order valence-electron chi connectivity index (χ1n) is 9.54. The third-order valence-electron chi connectivity index (χ3n) is 4.56. The third kappa shape index (κ3) is 5.68. The second-order valence-corrected chi connectivity index (χ2v) is 8.44. The number of nitro groups is 1. The van der Waals surface area contributed by atoms with E-state index in [1.54, 1.807) is 6.07 Å². The number of anilines is 1. The minimum Gasteiger partial charge on any atom is -0.449 e. The van der Waals surface area contributed by atoms with Gasteiger partial charge in [-0.25, -0.2) is 4.79 Å². The number of amides is 1. The first-order chi connectivity index (χ1) is 13.0. The van der Waals surface area contributed by atoms with Crippen LogP contribution < -0.4 is 10.2 Å². The highest BCUT2D eigenvalue weighted by atomic mass is 16.6. The molecule has 1 aromatic carbocycles. The molecule has 154 valence electrons. The molecule has 0 unspecified atom stereocenters. The summed E-state index contributed by atoms with van der Waals surface area (Å²) < 4.78 is 5.19. The molecule has 1 saturated heterocycles. The maximum absolute atomic E-state index is 12.4. The summed E-state index contributed by atoms with van der Waals surface area (Å²) in [5.74, 6) is -0.729. The maximum Gasteiger partial charge on any atom is 0.339 e. The lowest BCUT2D eigenvalue weighted by atomic mass is 9.99. The fraction of sp³-hybridized carbons (Fsp3) is 0.600. The molecule has 8 nitrogen and oxygen atoms in total. The smallest absolute Gasteiger partial charge is 0.339 e. The Labute approximate surface area is 165 Å². The third-order valence-corrected chi connectivity index (χ3v) is 4.56. The summed E-state index contributed by atoms with van der Waals surface area (Å²) in [5.41, 5.74) is -0.0260. The van der Waals surface area contributed by atoms with Crippen LogP contribution in [0.1, 0.15) is 57.8 Å². The fourth-order valence-corrected chi connectivity index (χ4v) is 3.23. The van der Waals surface area contributed by atoms with Crippen LogP contribution in [-0.2, 0) is 9.53 Å². The first-order valence-corrected chi connectivity index (χ1v) is 9.54. The van der Waals surface area contributed by atoms with Crippen LogP contribution in [0.3, 0.4) is 0 Å². The van der Waals surface area contributed by atoms with Crippen LogP contribution in [-0.4, -0.2) is 41.5 Å². The molecule has 1 fully saturated rings. The number of ether oxygens (including phenoxy) is 1. The van der Waals surface area contributed by atoms with Crippen molar-refractivity contribution in [2.24, 2.45) is 5.92 Å². The van der Waals surface area contributed by atoms with Crippen molar-refractivity contribution in [1.29, 1.82) is 0 Å². The molecule has 2 atom stereocenters. The molecule has 0 aliphatic carbocycles. The fourth-order valence-electron chi connectivity index (χ4n) is 3.23. The van der Waals surface area contributed by atoms with E-state index in [0.29, 0.717) is 11.6 Å². The molecule has 1 amide bonds. The Morgan fingerprint density at radius 1 is 1.36 bits per heavy atom. The van der Waals surface area contributed by atoms with Crippen molar-refractivity contribution in [3.05, 3.63) is 33.9 Å². The predicted octanol–water partition coefficient (Wildman–Crippen LogP) is 3.29. The van der Waals surface area contributed by atoms with Gasteiger partial charge in [0.25, 0.3) is 11.6 Å². The van der Waals surface area contributed by atoms with Gasteiger partial charge < -0.3 is 15.0 Å². The number of nitro benzene ring substituents is 1. The number of carbonyl (C=O) groups excluding carboxylic acids is 2. The van der Waals surface area contributed by atoms with E-state index in [9.17, 15) is 19.7 Å². The van der Waals surface area contributed by atoms with E-state index in [1.807, 2.05) is 25.7 Å². The van der Waals surface area contributed by atoms with Crippen molar-refractivity contribution in [2.75, 3.05) is 18.0 Å². The van der Waals surface area contributed by atoms with Gasteiger partial charge in [-0.05, 0) is 58.6 Å². The van der Waals surface area contributed by atoms with E-state index in [4.69, 9.17) is 4.74 Å².